The van der Waals surface area contributed by atoms with Crippen LogP contribution in [0, 0.1) is 4.77 Å². The molecule has 0 aromatic carbocycles. The summed E-state index contributed by atoms with van der Waals surface area (Å²) >= 11 is 6.85. The van der Waals surface area contributed by atoms with Gasteiger partial charge in [0.25, 0.3) is 0 Å². The molecule has 8 nitrogen and oxygen atoms in total. The Bertz CT molecular complexity index is 1010. The van der Waals surface area contributed by atoms with Crippen molar-refractivity contribution < 1.29 is 13.2 Å². The number of thiophene rings is 1. The molecule has 2 aliphatic heterocycles. The lowest BCUT2D eigenvalue weighted by atomic mass is 10.1. The minimum absolute atomic E-state index is 0.0127. The van der Waals surface area contributed by atoms with Crippen molar-refractivity contribution in [3.63, 3.8) is 0 Å². The fourth-order valence-electron chi connectivity index (χ4n) is 4.06. The van der Waals surface area contributed by atoms with E-state index in [1.165, 1.54) is 11.3 Å². The molecule has 4 heterocycles. The number of amides is 1. The van der Waals surface area contributed by atoms with Crippen molar-refractivity contribution in [1.29, 1.82) is 0 Å². The standard InChI is InChI=1S/C17H23N5O3S3/c1-11(22-15(19-20-17(22)26)14-5-4-8-27-14)16(23)18-12-9-28(24,25)10-13(12)21-6-2-3-7-21/h4-5,8,11-13H,2-3,6-7,9-10H2,1H3,(H,18,23)(H,20,26). The number of hydrogen-bond donors (Lipinski definition) is 2. The Labute approximate surface area is 172 Å². The van der Waals surface area contributed by atoms with Gasteiger partial charge in [0.15, 0.2) is 20.4 Å². The van der Waals surface area contributed by atoms with Gasteiger partial charge < -0.3 is 5.32 Å². The number of likely N-dealkylation sites (tertiary alicyclic amines) is 1. The summed E-state index contributed by atoms with van der Waals surface area (Å²) in [7, 11) is -3.16. The fraction of sp³-hybridized carbons (Fsp3) is 0.588. The van der Waals surface area contributed by atoms with Gasteiger partial charge in [-0.05, 0) is 56.5 Å². The van der Waals surface area contributed by atoms with Crippen molar-refractivity contribution in [1.82, 2.24) is 25.0 Å². The largest absolute Gasteiger partial charge is 0.349 e. The second kappa shape index (κ2) is 7.69. The van der Waals surface area contributed by atoms with Crippen LogP contribution in [0.5, 0.6) is 0 Å². The molecule has 2 fully saturated rings. The second-order valence-corrected chi connectivity index (χ2v) is 10.9. The number of H-pyrrole nitrogens is 1. The number of rotatable bonds is 5. The van der Waals surface area contributed by atoms with Crippen molar-refractivity contribution in [3.8, 4) is 10.7 Å². The van der Waals surface area contributed by atoms with E-state index in [2.05, 4.69) is 20.4 Å². The predicted molar refractivity (Wildman–Crippen MR) is 111 cm³/mol. The van der Waals surface area contributed by atoms with Crippen LogP contribution in [0.3, 0.4) is 0 Å². The minimum atomic E-state index is -3.16. The number of sulfone groups is 1. The summed E-state index contributed by atoms with van der Waals surface area (Å²) in [6.45, 7) is 3.53. The van der Waals surface area contributed by atoms with Gasteiger partial charge in [-0.3, -0.25) is 19.4 Å². The van der Waals surface area contributed by atoms with E-state index in [0.717, 1.165) is 30.8 Å². The first-order chi connectivity index (χ1) is 13.4. The molecule has 2 saturated heterocycles. The van der Waals surface area contributed by atoms with Crippen LogP contribution >= 0.6 is 23.6 Å². The lowest BCUT2D eigenvalue weighted by Gasteiger charge is -2.29. The molecule has 2 N–H and O–H groups in total. The minimum Gasteiger partial charge on any atom is -0.349 e. The molecule has 0 bridgehead atoms. The molecule has 152 valence electrons. The van der Waals surface area contributed by atoms with Gasteiger partial charge in [-0.1, -0.05) is 6.07 Å². The smallest absolute Gasteiger partial charge is 0.243 e. The Kier molecular flexibility index (Phi) is 5.43. The number of nitrogens with one attached hydrogen (secondary N) is 2. The van der Waals surface area contributed by atoms with Crippen molar-refractivity contribution in [2.45, 2.75) is 37.9 Å². The molecule has 4 rings (SSSR count). The maximum atomic E-state index is 13.0. The molecule has 2 aliphatic rings. The van der Waals surface area contributed by atoms with Crippen LogP contribution < -0.4 is 5.32 Å². The van der Waals surface area contributed by atoms with E-state index in [1.54, 1.807) is 11.5 Å². The zero-order valence-corrected chi connectivity index (χ0v) is 17.9. The van der Waals surface area contributed by atoms with Crippen molar-refractivity contribution in [2.75, 3.05) is 24.6 Å². The number of aromatic amines is 1. The topological polar surface area (TPSA) is 100 Å². The maximum absolute atomic E-state index is 13.0. The quantitative estimate of drug-likeness (QED) is 0.684. The van der Waals surface area contributed by atoms with Crippen LogP contribution in [0.15, 0.2) is 17.5 Å². The van der Waals surface area contributed by atoms with Crippen LogP contribution in [-0.2, 0) is 14.6 Å². The monoisotopic (exact) mass is 441 g/mol. The van der Waals surface area contributed by atoms with Crippen molar-refractivity contribution in [2.24, 2.45) is 0 Å². The molecule has 3 atom stereocenters. The lowest BCUT2D eigenvalue weighted by Crippen LogP contribution is -2.51. The zero-order valence-electron chi connectivity index (χ0n) is 15.5. The number of aromatic nitrogens is 3. The van der Waals surface area contributed by atoms with Crippen molar-refractivity contribution >= 4 is 39.3 Å². The number of carbonyl (C=O) groups excluding carboxylic acids is 1. The Hall–Kier alpha value is -1.56. The first-order valence-electron chi connectivity index (χ1n) is 9.31. The highest BCUT2D eigenvalue weighted by molar-refractivity contribution is 7.91. The highest BCUT2D eigenvalue weighted by Gasteiger charge is 2.42. The van der Waals surface area contributed by atoms with Gasteiger partial charge in [-0.2, -0.15) is 5.10 Å². The van der Waals surface area contributed by atoms with Gasteiger partial charge in [0.2, 0.25) is 5.91 Å². The van der Waals surface area contributed by atoms with E-state index in [-0.39, 0.29) is 23.5 Å². The maximum Gasteiger partial charge on any atom is 0.243 e. The van der Waals surface area contributed by atoms with Crippen LogP contribution in [0.25, 0.3) is 10.7 Å². The Morgan fingerprint density at radius 2 is 2.14 bits per heavy atom. The van der Waals surface area contributed by atoms with E-state index in [0.29, 0.717) is 10.6 Å². The molecule has 2 aromatic rings. The predicted octanol–water partition coefficient (Wildman–Crippen LogP) is 1.61. The van der Waals surface area contributed by atoms with E-state index in [4.69, 9.17) is 12.2 Å². The summed E-state index contributed by atoms with van der Waals surface area (Å²) in [5, 5.41) is 11.9. The summed E-state index contributed by atoms with van der Waals surface area (Å²) in [6.07, 6.45) is 2.14. The van der Waals surface area contributed by atoms with E-state index >= 15 is 0 Å². The van der Waals surface area contributed by atoms with E-state index < -0.39 is 21.9 Å². The van der Waals surface area contributed by atoms with Gasteiger partial charge in [0.1, 0.15) is 6.04 Å². The number of hydrogen-bond acceptors (Lipinski definition) is 7. The van der Waals surface area contributed by atoms with Crippen LogP contribution in [0.4, 0.5) is 0 Å². The van der Waals surface area contributed by atoms with Gasteiger partial charge >= 0.3 is 0 Å². The molecule has 3 unspecified atom stereocenters. The van der Waals surface area contributed by atoms with Gasteiger partial charge in [0, 0.05) is 6.04 Å². The third-order valence-corrected chi connectivity index (χ3v) is 8.34. The molecular formula is C17H23N5O3S3. The van der Waals surface area contributed by atoms with Gasteiger partial charge in [-0.25, -0.2) is 8.42 Å². The normalized spacial score (nSPS) is 25.8. The molecule has 1 amide bonds. The second-order valence-electron chi connectivity index (χ2n) is 7.38. The Morgan fingerprint density at radius 1 is 1.39 bits per heavy atom. The number of nitrogens with zero attached hydrogens (tertiary/aromatic N) is 3. The lowest BCUT2D eigenvalue weighted by molar-refractivity contribution is -0.124. The highest BCUT2D eigenvalue weighted by Crippen LogP contribution is 2.27. The van der Waals surface area contributed by atoms with Crippen molar-refractivity contribution in [3.05, 3.63) is 22.3 Å². The average Bonchev–Trinajstić information content (AvgIpc) is 3.40. The Morgan fingerprint density at radius 3 is 2.82 bits per heavy atom. The Balaban J connectivity index is 1.55. The first-order valence-corrected chi connectivity index (χ1v) is 12.4. The molecule has 2 aromatic heterocycles. The van der Waals surface area contributed by atoms with Crippen LogP contribution in [0.2, 0.25) is 0 Å². The van der Waals surface area contributed by atoms with Gasteiger partial charge in [0.05, 0.1) is 22.4 Å². The summed E-state index contributed by atoms with van der Waals surface area (Å²) in [4.78, 5) is 16.1. The molecule has 0 spiro atoms. The fourth-order valence-corrected chi connectivity index (χ4v) is 7.02. The first kappa shape index (κ1) is 19.7. The van der Waals surface area contributed by atoms with Crippen LogP contribution in [0.1, 0.15) is 25.8 Å². The van der Waals surface area contributed by atoms with Crippen LogP contribution in [-0.4, -0.2) is 70.7 Å². The molecule has 0 radical (unpaired) electrons. The SMILES string of the molecule is CC(C(=O)NC1CS(=O)(=O)CC1N1CCCC1)n1c(-c2cccs2)n[nH]c1=S. The third kappa shape index (κ3) is 3.80. The third-order valence-electron chi connectivity index (χ3n) is 5.47. The van der Waals surface area contributed by atoms with Gasteiger partial charge in [-0.15, -0.1) is 11.3 Å². The van der Waals surface area contributed by atoms with E-state index in [9.17, 15) is 13.2 Å². The molecular weight excluding hydrogens is 418 g/mol. The molecule has 0 aliphatic carbocycles. The summed E-state index contributed by atoms with van der Waals surface area (Å²) < 4.78 is 26.5. The number of carbonyl (C=O) groups is 1. The van der Waals surface area contributed by atoms with E-state index in [1.807, 2.05) is 17.5 Å². The molecule has 28 heavy (non-hydrogen) atoms. The molecule has 0 saturated carbocycles. The molecule has 11 heteroatoms. The average molecular weight is 442 g/mol. The summed E-state index contributed by atoms with van der Waals surface area (Å²) in [6, 6.07) is 2.67. The summed E-state index contributed by atoms with van der Waals surface area (Å²) in [5.41, 5.74) is 0. The zero-order chi connectivity index (χ0) is 19.9. The highest BCUT2D eigenvalue weighted by atomic mass is 32.2. The summed E-state index contributed by atoms with van der Waals surface area (Å²) in [5.74, 6) is 0.457.